The van der Waals surface area contributed by atoms with E-state index in [1.54, 1.807) is 11.3 Å². The Balaban J connectivity index is 1.58. The van der Waals surface area contributed by atoms with Crippen LogP contribution in [0.1, 0.15) is 45.8 Å². The van der Waals surface area contributed by atoms with Gasteiger partial charge in [-0.05, 0) is 55.0 Å². The molecular formula is C19H19NO4S. The molecule has 0 aromatic carbocycles. The van der Waals surface area contributed by atoms with E-state index < -0.39 is 5.63 Å². The van der Waals surface area contributed by atoms with Gasteiger partial charge in [-0.25, -0.2) is 4.79 Å². The Morgan fingerprint density at radius 2 is 2.04 bits per heavy atom. The summed E-state index contributed by atoms with van der Waals surface area (Å²) in [6.45, 7) is 0.491. The minimum Gasteiger partial charge on any atom is -0.426 e. The van der Waals surface area contributed by atoms with E-state index >= 15 is 0 Å². The summed E-state index contributed by atoms with van der Waals surface area (Å²) in [6, 6.07) is 5.51. The van der Waals surface area contributed by atoms with Crippen molar-refractivity contribution in [2.45, 2.75) is 38.5 Å². The second-order valence-corrected chi connectivity index (χ2v) is 7.78. The number of imide groups is 1. The first kappa shape index (κ1) is 16.3. The maximum atomic E-state index is 12.9. The van der Waals surface area contributed by atoms with E-state index in [0.29, 0.717) is 30.0 Å². The van der Waals surface area contributed by atoms with Gasteiger partial charge in [0.05, 0.1) is 12.0 Å². The van der Waals surface area contributed by atoms with Gasteiger partial charge in [-0.1, -0.05) is 6.07 Å². The maximum Gasteiger partial charge on any atom is 0.336 e. The van der Waals surface area contributed by atoms with Crippen LogP contribution in [0, 0.1) is 5.92 Å². The molecule has 0 unspecified atom stereocenters. The number of amides is 2. The average molecular weight is 357 g/mol. The number of thiophene rings is 1. The molecular weight excluding hydrogens is 338 g/mol. The van der Waals surface area contributed by atoms with Gasteiger partial charge in [-0.3, -0.25) is 14.5 Å². The van der Waals surface area contributed by atoms with Crippen LogP contribution in [0.2, 0.25) is 0 Å². The molecule has 1 aliphatic carbocycles. The Kier molecular flexibility index (Phi) is 4.29. The second-order valence-electron chi connectivity index (χ2n) is 6.75. The Morgan fingerprint density at radius 1 is 1.20 bits per heavy atom. The molecule has 3 heterocycles. The zero-order valence-corrected chi connectivity index (χ0v) is 14.6. The SMILES string of the molecule is O=C1Cc2oc(=O)cc(CCCc3cccs3)c2C(=O)N1CC1CC1. The maximum absolute atomic E-state index is 12.9. The zero-order valence-electron chi connectivity index (χ0n) is 13.8. The first-order valence-corrected chi connectivity index (χ1v) is 9.53. The average Bonchev–Trinajstić information content (AvgIpc) is 3.24. The van der Waals surface area contributed by atoms with E-state index in [2.05, 4.69) is 6.07 Å². The van der Waals surface area contributed by atoms with Gasteiger partial charge in [0.1, 0.15) is 5.76 Å². The van der Waals surface area contributed by atoms with Gasteiger partial charge >= 0.3 is 5.63 Å². The van der Waals surface area contributed by atoms with E-state index in [4.69, 9.17) is 4.42 Å². The molecule has 0 N–H and O–H groups in total. The smallest absolute Gasteiger partial charge is 0.336 e. The second kappa shape index (κ2) is 6.59. The molecule has 2 aromatic rings. The van der Waals surface area contributed by atoms with Crippen LogP contribution in [0.15, 0.2) is 32.8 Å². The molecule has 0 bridgehead atoms. The fourth-order valence-electron chi connectivity index (χ4n) is 3.31. The van der Waals surface area contributed by atoms with Gasteiger partial charge in [0.25, 0.3) is 5.91 Å². The van der Waals surface area contributed by atoms with Crippen LogP contribution >= 0.6 is 11.3 Å². The number of hydrogen-bond donors (Lipinski definition) is 0. The highest BCUT2D eigenvalue weighted by Crippen LogP contribution is 2.32. The molecule has 25 heavy (non-hydrogen) atoms. The van der Waals surface area contributed by atoms with Crippen molar-refractivity contribution in [3.8, 4) is 0 Å². The Labute approximate surface area is 149 Å². The lowest BCUT2D eigenvalue weighted by Gasteiger charge is -2.27. The molecule has 1 aliphatic heterocycles. The monoisotopic (exact) mass is 357 g/mol. The van der Waals surface area contributed by atoms with Crippen LogP contribution in [0.4, 0.5) is 0 Å². The molecule has 2 aliphatic rings. The molecule has 2 aromatic heterocycles. The molecule has 0 radical (unpaired) electrons. The molecule has 2 amide bonds. The Hall–Kier alpha value is -2.21. The van der Waals surface area contributed by atoms with Crippen LogP contribution in [-0.4, -0.2) is 23.3 Å². The number of hydrogen-bond acceptors (Lipinski definition) is 5. The molecule has 1 saturated carbocycles. The zero-order chi connectivity index (χ0) is 17.4. The topological polar surface area (TPSA) is 67.6 Å². The third-order valence-corrected chi connectivity index (χ3v) is 5.71. The minimum absolute atomic E-state index is 0.00178. The van der Waals surface area contributed by atoms with Crippen molar-refractivity contribution < 1.29 is 14.0 Å². The van der Waals surface area contributed by atoms with Crippen LogP contribution in [0.25, 0.3) is 0 Å². The summed E-state index contributed by atoms with van der Waals surface area (Å²) in [5.74, 6) is 0.115. The van der Waals surface area contributed by atoms with Crippen LogP contribution < -0.4 is 5.63 Å². The molecule has 0 saturated heterocycles. The highest BCUT2D eigenvalue weighted by atomic mass is 32.1. The van der Waals surface area contributed by atoms with Crippen molar-refractivity contribution in [3.63, 3.8) is 0 Å². The molecule has 6 heteroatoms. The van der Waals surface area contributed by atoms with Crippen LogP contribution in [0.5, 0.6) is 0 Å². The lowest BCUT2D eigenvalue weighted by atomic mass is 9.96. The molecule has 0 spiro atoms. The van der Waals surface area contributed by atoms with Gasteiger partial charge in [0.15, 0.2) is 0 Å². The van der Waals surface area contributed by atoms with E-state index in [1.807, 2.05) is 11.4 Å². The summed E-state index contributed by atoms with van der Waals surface area (Å²) in [5.41, 5.74) is 0.660. The number of nitrogens with zero attached hydrogens (tertiary/aromatic N) is 1. The molecule has 130 valence electrons. The van der Waals surface area contributed by atoms with E-state index in [-0.39, 0.29) is 24.0 Å². The minimum atomic E-state index is -0.485. The normalized spacial score (nSPS) is 17.0. The van der Waals surface area contributed by atoms with Crippen molar-refractivity contribution in [2.24, 2.45) is 5.92 Å². The lowest BCUT2D eigenvalue weighted by Crippen LogP contribution is -2.44. The van der Waals surface area contributed by atoms with E-state index in [1.165, 1.54) is 15.8 Å². The van der Waals surface area contributed by atoms with E-state index in [0.717, 1.165) is 25.7 Å². The summed E-state index contributed by atoms with van der Waals surface area (Å²) >= 11 is 1.70. The van der Waals surface area contributed by atoms with Crippen molar-refractivity contribution in [3.05, 3.63) is 55.8 Å². The first-order valence-electron chi connectivity index (χ1n) is 8.65. The number of carbonyl (C=O) groups excluding carboxylic acids is 2. The Bertz CT molecular complexity index is 864. The first-order chi connectivity index (χ1) is 12.1. The van der Waals surface area contributed by atoms with Crippen molar-refractivity contribution in [2.75, 3.05) is 6.54 Å². The number of rotatable bonds is 6. The third kappa shape index (κ3) is 3.44. The fourth-order valence-corrected chi connectivity index (χ4v) is 4.06. The largest absolute Gasteiger partial charge is 0.426 e. The van der Waals surface area contributed by atoms with Crippen molar-refractivity contribution >= 4 is 23.2 Å². The highest BCUT2D eigenvalue weighted by molar-refractivity contribution is 7.09. The predicted octanol–water partition coefficient (Wildman–Crippen LogP) is 2.81. The van der Waals surface area contributed by atoms with Crippen molar-refractivity contribution in [1.29, 1.82) is 0 Å². The number of aryl methyl sites for hydroxylation is 2. The number of carbonyl (C=O) groups is 2. The van der Waals surface area contributed by atoms with Crippen LogP contribution in [-0.2, 0) is 24.1 Å². The van der Waals surface area contributed by atoms with E-state index in [9.17, 15) is 14.4 Å². The quantitative estimate of drug-likeness (QED) is 0.746. The summed E-state index contributed by atoms with van der Waals surface area (Å²) in [6.07, 6.45) is 4.53. The summed E-state index contributed by atoms with van der Waals surface area (Å²) < 4.78 is 5.18. The fraction of sp³-hybridized carbons (Fsp3) is 0.421. The van der Waals surface area contributed by atoms with Crippen LogP contribution in [0.3, 0.4) is 0 Å². The molecule has 5 nitrogen and oxygen atoms in total. The predicted molar refractivity (Wildman–Crippen MR) is 93.8 cm³/mol. The van der Waals surface area contributed by atoms with Crippen molar-refractivity contribution in [1.82, 2.24) is 4.90 Å². The van der Waals surface area contributed by atoms with Gasteiger partial charge < -0.3 is 4.42 Å². The summed E-state index contributed by atoms with van der Waals surface area (Å²) in [4.78, 5) is 39.6. The standard InChI is InChI=1S/C19H19NO4S/c21-16-10-15-18(19(23)20(16)11-12-6-7-12)13(9-17(22)24-15)3-1-4-14-5-2-8-25-14/h2,5,8-9,12H,1,3-4,6-7,10-11H2. The summed E-state index contributed by atoms with van der Waals surface area (Å²) in [5, 5.41) is 2.04. The van der Waals surface area contributed by atoms with Gasteiger partial charge in [0, 0.05) is 17.5 Å². The highest BCUT2D eigenvalue weighted by Gasteiger charge is 2.38. The van der Waals surface area contributed by atoms with Gasteiger partial charge in [-0.15, -0.1) is 11.3 Å². The molecule has 0 atom stereocenters. The molecule has 4 rings (SSSR count). The van der Waals surface area contributed by atoms with Gasteiger partial charge in [-0.2, -0.15) is 0 Å². The summed E-state index contributed by atoms with van der Waals surface area (Å²) in [7, 11) is 0. The number of fused-ring (bicyclic) bond motifs is 1. The molecule has 1 fully saturated rings. The Morgan fingerprint density at radius 3 is 2.76 bits per heavy atom. The van der Waals surface area contributed by atoms with Gasteiger partial charge in [0.2, 0.25) is 5.91 Å². The lowest BCUT2D eigenvalue weighted by molar-refractivity contribution is -0.129. The third-order valence-electron chi connectivity index (χ3n) is 4.77.